The maximum atomic E-state index is 10.3. The third-order valence-corrected chi connectivity index (χ3v) is 0.850. The zero-order valence-electron chi connectivity index (χ0n) is 4.30. The summed E-state index contributed by atoms with van der Waals surface area (Å²) in [6.07, 6.45) is 1.17. The largest absolute Gasteiger partial charge is 0.386 e. The van der Waals surface area contributed by atoms with Gasteiger partial charge in [0, 0.05) is 11.6 Å². The molecule has 0 aromatic carbocycles. The summed E-state index contributed by atoms with van der Waals surface area (Å²) in [5.41, 5.74) is 0.370. The summed E-state index contributed by atoms with van der Waals surface area (Å²) >= 11 is 0. The summed E-state index contributed by atoms with van der Waals surface area (Å²) in [7, 11) is 0. The second-order valence-corrected chi connectivity index (χ2v) is 1.54. The van der Waals surface area contributed by atoms with Crippen LogP contribution in [-0.4, -0.2) is 11.9 Å². The standard InChI is InChI=1S/C5H4O3.CH4/c1-3-2-4(6)8-5(3)7;/h2H,1H3;1H4. The predicted octanol–water partition coefficient (Wildman–Crippen LogP) is 0.652. The molecule has 0 aliphatic carbocycles. The molecular formula is C6H8O3. The van der Waals surface area contributed by atoms with Crippen molar-refractivity contribution < 1.29 is 14.3 Å². The van der Waals surface area contributed by atoms with Crippen LogP contribution in [0.3, 0.4) is 0 Å². The minimum Gasteiger partial charge on any atom is -0.386 e. The van der Waals surface area contributed by atoms with Crippen molar-refractivity contribution in [2.45, 2.75) is 14.4 Å². The molecule has 0 unspecified atom stereocenters. The fourth-order valence-corrected chi connectivity index (χ4v) is 0.437. The van der Waals surface area contributed by atoms with E-state index in [0.29, 0.717) is 5.57 Å². The average molecular weight is 128 g/mol. The minimum atomic E-state index is -0.562. The molecule has 0 N–H and O–H groups in total. The van der Waals surface area contributed by atoms with E-state index in [1.54, 1.807) is 0 Å². The Labute approximate surface area is 53.3 Å². The molecule has 1 aliphatic heterocycles. The molecule has 0 amide bonds. The first kappa shape index (κ1) is 7.88. The zero-order chi connectivity index (χ0) is 6.15. The first-order valence-corrected chi connectivity index (χ1v) is 2.14. The zero-order valence-corrected chi connectivity index (χ0v) is 4.30. The van der Waals surface area contributed by atoms with Crippen LogP contribution in [-0.2, 0) is 14.3 Å². The van der Waals surface area contributed by atoms with Gasteiger partial charge >= 0.3 is 11.9 Å². The molecule has 50 valence electrons. The van der Waals surface area contributed by atoms with Crippen LogP contribution in [0.4, 0.5) is 0 Å². The normalized spacial score (nSPS) is 16.3. The van der Waals surface area contributed by atoms with Crippen LogP contribution < -0.4 is 0 Å². The maximum absolute atomic E-state index is 10.3. The fourth-order valence-electron chi connectivity index (χ4n) is 0.437. The van der Waals surface area contributed by atoms with Gasteiger partial charge in [0.2, 0.25) is 0 Å². The van der Waals surface area contributed by atoms with Crippen LogP contribution in [0.25, 0.3) is 0 Å². The van der Waals surface area contributed by atoms with Gasteiger partial charge in [-0.25, -0.2) is 9.59 Å². The van der Waals surface area contributed by atoms with E-state index < -0.39 is 11.9 Å². The van der Waals surface area contributed by atoms with Crippen LogP contribution in [0.15, 0.2) is 11.6 Å². The van der Waals surface area contributed by atoms with Gasteiger partial charge in [0.05, 0.1) is 0 Å². The third-order valence-electron chi connectivity index (χ3n) is 0.850. The molecule has 1 rings (SSSR count). The molecule has 3 heteroatoms. The van der Waals surface area contributed by atoms with Crippen LogP contribution >= 0.6 is 0 Å². The van der Waals surface area contributed by atoms with E-state index in [-0.39, 0.29) is 7.43 Å². The van der Waals surface area contributed by atoms with E-state index in [1.807, 2.05) is 0 Å². The second-order valence-electron chi connectivity index (χ2n) is 1.54. The van der Waals surface area contributed by atoms with Crippen LogP contribution in [0, 0.1) is 0 Å². The molecule has 0 aromatic heterocycles. The summed E-state index contributed by atoms with van der Waals surface area (Å²) < 4.78 is 4.10. The van der Waals surface area contributed by atoms with Crippen LogP contribution in [0.5, 0.6) is 0 Å². The van der Waals surface area contributed by atoms with E-state index in [0.717, 1.165) is 0 Å². The number of ether oxygens (including phenoxy) is 1. The topological polar surface area (TPSA) is 43.4 Å². The number of hydrogen-bond acceptors (Lipinski definition) is 3. The van der Waals surface area contributed by atoms with E-state index >= 15 is 0 Å². The lowest BCUT2D eigenvalue weighted by molar-refractivity contribution is -0.150. The van der Waals surface area contributed by atoms with E-state index in [1.165, 1.54) is 13.0 Å². The second kappa shape index (κ2) is 2.44. The van der Waals surface area contributed by atoms with Crippen molar-refractivity contribution >= 4 is 11.9 Å². The van der Waals surface area contributed by atoms with E-state index in [9.17, 15) is 9.59 Å². The van der Waals surface area contributed by atoms with Gasteiger partial charge in [-0.2, -0.15) is 0 Å². The lowest BCUT2D eigenvalue weighted by atomic mass is 10.3. The number of carbonyl (C=O) groups excluding carboxylic acids is 2. The summed E-state index contributed by atoms with van der Waals surface area (Å²) in [5, 5.41) is 0. The summed E-state index contributed by atoms with van der Waals surface area (Å²) in [6, 6.07) is 0. The van der Waals surface area contributed by atoms with Crippen molar-refractivity contribution in [1.29, 1.82) is 0 Å². The van der Waals surface area contributed by atoms with Crippen molar-refractivity contribution in [2.75, 3.05) is 0 Å². The highest BCUT2D eigenvalue weighted by atomic mass is 16.6. The molecule has 0 aromatic rings. The van der Waals surface area contributed by atoms with Crippen LogP contribution in [0.1, 0.15) is 14.4 Å². The highest BCUT2D eigenvalue weighted by molar-refractivity contribution is 6.08. The Balaban J connectivity index is 0.000000640. The Kier molecular flexibility index (Phi) is 2.13. The van der Waals surface area contributed by atoms with Crippen molar-refractivity contribution in [3.8, 4) is 0 Å². The molecule has 0 atom stereocenters. The van der Waals surface area contributed by atoms with Crippen molar-refractivity contribution in [3.63, 3.8) is 0 Å². The number of hydrogen-bond donors (Lipinski definition) is 0. The Hall–Kier alpha value is -1.12. The number of cyclic esters (lactones) is 2. The van der Waals surface area contributed by atoms with Gasteiger partial charge in [-0.05, 0) is 6.92 Å². The van der Waals surface area contributed by atoms with Crippen molar-refractivity contribution in [2.24, 2.45) is 0 Å². The highest BCUT2D eigenvalue weighted by Crippen LogP contribution is 2.04. The van der Waals surface area contributed by atoms with E-state index in [2.05, 4.69) is 4.74 Å². The molecule has 1 heterocycles. The third kappa shape index (κ3) is 1.38. The predicted molar refractivity (Wildman–Crippen MR) is 31.6 cm³/mol. The number of esters is 2. The molecule has 0 fully saturated rings. The molecule has 9 heavy (non-hydrogen) atoms. The molecule has 3 nitrogen and oxygen atoms in total. The Morgan fingerprint density at radius 2 is 2.00 bits per heavy atom. The Morgan fingerprint density at radius 1 is 1.44 bits per heavy atom. The molecule has 0 radical (unpaired) electrons. The summed E-state index contributed by atoms with van der Waals surface area (Å²) in [4.78, 5) is 20.4. The van der Waals surface area contributed by atoms with Crippen molar-refractivity contribution in [3.05, 3.63) is 11.6 Å². The maximum Gasteiger partial charge on any atom is 0.341 e. The summed E-state index contributed by atoms with van der Waals surface area (Å²) in [5.74, 6) is -1.09. The van der Waals surface area contributed by atoms with E-state index in [4.69, 9.17) is 0 Å². The molecule has 0 bridgehead atoms. The molecule has 0 saturated carbocycles. The van der Waals surface area contributed by atoms with Gasteiger partial charge in [-0.3, -0.25) is 0 Å². The van der Waals surface area contributed by atoms with Crippen molar-refractivity contribution in [1.82, 2.24) is 0 Å². The lowest BCUT2D eigenvalue weighted by Crippen LogP contribution is -1.99. The Morgan fingerprint density at radius 3 is 2.11 bits per heavy atom. The van der Waals surface area contributed by atoms with Gasteiger partial charge < -0.3 is 4.74 Å². The highest BCUT2D eigenvalue weighted by Gasteiger charge is 2.18. The monoisotopic (exact) mass is 128 g/mol. The van der Waals surface area contributed by atoms with Gasteiger partial charge in [-0.15, -0.1) is 0 Å². The average Bonchev–Trinajstić information content (AvgIpc) is 1.85. The summed E-state index contributed by atoms with van der Waals surface area (Å²) in [6.45, 7) is 1.53. The Bertz CT molecular complexity index is 179. The van der Waals surface area contributed by atoms with Gasteiger partial charge in [0.25, 0.3) is 0 Å². The quantitative estimate of drug-likeness (QED) is 0.355. The number of carbonyl (C=O) groups is 2. The van der Waals surface area contributed by atoms with Gasteiger partial charge in [0.1, 0.15) is 0 Å². The molecule has 1 aliphatic rings. The van der Waals surface area contributed by atoms with Gasteiger partial charge in [0.15, 0.2) is 0 Å². The molecular weight excluding hydrogens is 120 g/mol. The number of rotatable bonds is 0. The SMILES string of the molecule is C.CC1=CC(=O)OC1=O. The molecule has 0 spiro atoms. The molecule has 0 saturated heterocycles. The minimum absolute atomic E-state index is 0. The van der Waals surface area contributed by atoms with Gasteiger partial charge in [-0.1, -0.05) is 7.43 Å². The van der Waals surface area contributed by atoms with Crippen LogP contribution in [0.2, 0.25) is 0 Å². The lowest BCUT2D eigenvalue weighted by Gasteiger charge is -1.83. The first-order valence-electron chi connectivity index (χ1n) is 2.14. The fraction of sp³-hybridized carbons (Fsp3) is 0.333. The smallest absolute Gasteiger partial charge is 0.341 e. The first-order chi connectivity index (χ1) is 3.70.